The van der Waals surface area contributed by atoms with E-state index in [0.717, 1.165) is 30.0 Å². The zero-order chi connectivity index (χ0) is 13.8. The smallest absolute Gasteiger partial charge is 0.304 e. The molecule has 0 aliphatic carbocycles. The number of hydrogen-bond acceptors (Lipinski definition) is 4. The van der Waals surface area contributed by atoms with Gasteiger partial charge in [-0.05, 0) is 36.3 Å². The molecule has 2 unspecified atom stereocenters. The van der Waals surface area contributed by atoms with E-state index in [4.69, 9.17) is 0 Å². The monoisotopic (exact) mass is 284 g/mol. The Labute approximate surface area is 115 Å². The van der Waals surface area contributed by atoms with Gasteiger partial charge in [0.2, 0.25) is 5.82 Å². The van der Waals surface area contributed by atoms with Crippen LogP contribution in [0.5, 0.6) is 0 Å². The Morgan fingerprint density at radius 1 is 1.53 bits per heavy atom. The van der Waals surface area contributed by atoms with E-state index >= 15 is 0 Å². The van der Waals surface area contributed by atoms with Crippen LogP contribution in [0.15, 0.2) is 18.2 Å². The number of halogens is 1. The van der Waals surface area contributed by atoms with Crippen molar-refractivity contribution in [3.63, 3.8) is 0 Å². The first-order chi connectivity index (χ1) is 9.11. The first-order valence-electron chi connectivity index (χ1n) is 6.35. The zero-order valence-corrected chi connectivity index (χ0v) is 11.6. The molecular formula is C13H17FN2O2S. The second-order valence-electron chi connectivity index (χ2n) is 4.71. The highest BCUT2D eigenvalue weighted by molar-refractivity contribution is 7.99. The Kier molecular flexibility index (Phi) is 4.76. The van der Waals surface area contributed by atoms with E-state index in [1.54, 1.807) is 6.07 Å². The van der Waals surface area contributed by atoms with Crippen LogP contribution in [0.2, 0.25) is 0 Å². The molecule has 2 rings (SSSR count). The van der Waals surface area contributed by atoms with Gasteiger partial charge in [-0.1, -0.05) is 13.0 Å². The fourth-order valence-electron chi connectivity index (χ4n) is 2.42. The van der Waals surface area contributed by atoms with Crippen molar-refractivity contribution in [2.75, 3.05) is 18.1 Å². The van der Waals surface area contributed by atoms with E-state index < -0.39 is 16.4 Å². The fourth-order valence-corrected chi connectivity index (χ4v) is 3.85. The highest BCUT2D eigenvalue weighted by Gasteiger charge is 2.27. The van der Waals surface area contributed by atoms with Crippen molar-refractivity contribution in [3.8, 4) is 0 Å². The number of hydrogen-bond donors (Lipinski definition) is 1. The van der Waals surface area contributed by atoms with Gasteiger partial charge < -0.3 is 5.32 Å². The third-order valence-electron chi connectivity index (χ3n) is 3.37. The van der Waals surface area contributed by atoms with Gasteiger partial charge >= 0.3 is 5.69 Å². The molecule has 0 spiro atoms. The maximum atomic E-state index is 13.6. The van der Waals surface area contributed by atoms with Gasteiger partial charge in [0.25, 0.3) is 0 Å². The van der Waals surface area contributed by atoms with Crippen molar-refractivity contribution in [2.45, 2.75) is 19.4 Å². The first-order valence-corrected chi connectivity index (χ1v) is 7.51. The minimum absolute atomic E-state index is 0.451. The molecule has 0 radical (unpaired) electrons. The van der Waals surface area contributed by atoms with Crippen LogP contribution in [-0.4, -0.2) is 29.0 Å². The lowest BCUT2D eigenvalue weighted by molar-refractivity contribution is -0.387. The summed E-state index contributed by atoms with van der Waals surface area (Å²) in [5.74, 6) is 1.85. The van der Waals surface area contributed by atoms with Crippen LogP contribution in [0.3, 0.4) is 0 Å². The Morgan fingerprint density at radius 3 is 2.95 bits per heavy atom. The number of rotatable bonds is 5. The van der Waals surface area contributed by atoms with E-state index in [1.165, 1.54) is 12.1 Å². The van der Waals surface area contributed by atoms with Crippen molar-refractivity contribution in [1.82, 2.24) is 5.32 Å². The fraction of sp³-hybridized carbons (Fsp3) is 0.538. The molecule has 1 heterocycles. The number of nitro groups is 1. The van der Waals surface area contributed by atoms with Gasteiger partial charge in [-0.2, -0.15) is 16.2 Å². The molecule has 19 heavy (non-hydrogen) atoms. The molecule has 104 valence electrons. The summed E-state index contributed by atoms with van der Waals surface area (Å²) >= 11 is 1.90. The lowest BCUT2D eigenvalue weighted by atomic mass is 9.94. The van der Waals surface area contributed by atoms with Crippen molar-refractivity contribution in [2.24, 2.45) is 5.92 Å². The summed E-state index contributed by atoms with van der Waals surface area (Å²) in [6, 6.07) is 4.67. The van der Waals surface area contributed by atoms with Gasteiger partial charge in [0.1, 0.15) is 0 Å². The molecule has 0 saturated carbocycles. The van der Waals surface area contributed by atoms with E-state index in [-0.39, 0.29) is 0 Å². The number of nitrogens with one attached hydrogen (secondary N) is 1. The average Bonchev–Trinajstić information content (AvgIpc) is 2.77. The minimum atomic E-state index is -0.742. The number of nitrogens with zero attached hydrogens (tertiary/aromatic N) is 1. The van der Waals surface area contributed by atoms with E-state index in [9.17, 15) is 14.5 Å². The van der Waals surface area contributed by atoms with Crippen LogP contribution >= 0.6 is 11.8 Å². The van der Waals surface area contributed by atoms with Gasteiger partial charge in [-0.3, -0.25) is 10.1 Å². The third kappa shape index (κ3) is 3.45. The normalized spacial score (nSPS) is 22.6. The Bertz CT molecular complexity index is 470. The van der Waals surface area contributed by atoms with Crippen LogP contribution in [0.25, 0.3) is 0 Å². The van der Waals surface area contributed by atoms with E-state index in [1.807, 2.05) is 11.8 Å². The average molecular weight is 284 g/mol. The van der Waals surface area contributed by atoms with Crippen molar-refractivity contribution in [3.05, 3.63) is 39.7 Å². The largest absolute Gasteiger partial charge is 0.313 e. The zero-order valence-electron chi connectivity index (χ0n) is 10.8. The summed E-state index contributed by atoms with van der Waals surface area (Å²) in [5, 5.41) is 14.0. The Hall–Kier alpha value is -1.14. The summed E-state index contributed by atoms with van der Waals surface area (Å²) in [6.07, 6.45) is 0.763. The molecule has 1 saturated heterocycles. The lowest BCUT2D eigenvalue weighted by Gasteiger charge is -2.19. The summed E-state index contributed by atoms with van der Waals surface area (Å²) in [4.78, 5) is 9.88. The number of thioether (sulfide) groups is 1. The van der Waals surface area contributed by atoms with Crippen molar-refractivity contribution in [1.29, 1.82) is 0 Å². The molecule has 1 aromatic carbocycles. The van der Waals surface area contributed by atoms with E-state index in [2.05, 4.69) is 12.2 Å². The molecule has 1 aromatic rings. The molecule has 2 atom stereocenters. The maximum absolute atomic E-state index is 13.6. The molecule has 1 aliphatic heterocycles. The standard InChI is InChI=1S/C13H17FN2O2S/c1-2-15-12-8-19-7-10(12)5-9-3-4-13(16(17)18)11(14)6-9/h3-4,6,10,12,15H,2,5,7-8H2,1H3. The molecule has 0 aromatic heterocycles. The molecule has 0 bridgehead atoms. The second-order valence-corrected chi connectivity index (χ2v) is 5.78. The summed E-state index contributed by atoms with van der Waals surface area (Å²) in [7, 11) is 0. The van der Waals surface area contributed by atoms with Gasteiger partial charge in [-0.15, -0.1) is 0 Å². The summed E-state index contributed by atoms with van der Waals surface area (Å²) in [5.41, 5.74) is 0.381. The van der Waals surface area contributed by atoms with Crippen molar-refractivity contribution < 1.29 is 9.31 Å². The topological polar surface area (TPSA) is 55.2 Å². The van der Waals surface area contributed by atoms with Crippen LogP contribution < -0.4 is 5.32 Å². The molecule has 1 fully saturated rings. The Balaban J connectivity index is 2.07. The van der Waals surface area contributed by atoms with Gasteiger partial charge in [0.05, 0.1) is 4.92 Å². The molecule has 4 nitrogen and oxygen atoms in total. The minimum Gasteiger partial charge on any atom is -0.313 e. The van der Waals surface area contributed by atoms with Crippen molar-refractivity contribution >= 4 is 17.4 Å². The van der Waals surface area contributed by atoms with Crippen LogP contribution in [0.1, 0.15) is 12.5 Å². The quantitative estimate of drug-likeness (QED) is 0.667. The van der Waals surface area contributed by atoms with Crippen LogP contribution in [0.4, 0.5) is 10.1 Å². The van der Waals surface area contributed by atoms with Gasteiger partial charge in [-0.25, -0.2) is 0 Å². The van der Waals surface area contributed by atoms with Gasteiger partial charge in [0.15, 0.2) is 0 Å². The predicted molar refractivity (Wildman–Crippen MR) is 75.0 cm³/mol. The van der Waals surface area contributed by atoms with Gasteiger partial charge in [0, 0.05) is 17.9 Å². The molecule has 0 amide bonds. The third-order valence-corrected chi connectivity index (χ3v) is 4.63. The highest BCUT2D eigenvalue weighted by atomic mass is 32.2. The SMILES string of the molecule is CCNC1CSCC1Cc1ccc([N+](=O)[O-])c(F)c1. The number of benzene rings is 1. The summed E-state index contributed by atoms with van der Waals surface area (Å²) in [6.45, 7) is 3.00. The first kappa shape index (κ1) is 14.3. The lowest BCUT2D eigenvalue weighted by Crippen LogP contribution is -2.36. The van der Waals surface area contributed by atoms with E-state index in [0.29, 0.717) is 12.0 Å². The second kappa shape index (κ2) is 6.34. The maximum Gasteiger partial charge on any atom is 0.304 e. The molecule has 1 N–H and O–H groups in total. The molecule has 1 aliphatic rings. The van der Waals surface area contributed by atoms with Crippen LogP contribution in [-0.2, 0) is 6.42 Å². The summed E-state index contributed by atoms with van der Waals surface area (Å²) < 4.78 is 13.6. The highest BCUT2D eigenvalue weighted by Crippen LogP contribution is 2.28. The predicted octanol–water partition coefficient (Wildman–Crippen LogP) is 2.62. The molecular weight excluding hydrogens is 267 g/mol. The Morgan fingerprint density at radius 2 is 2.32 bits per heavy atom. The van der Waals surface area contributed by atoms with Crippen LogP contribution in [0, 0.1) is 21.8 Å². The molecule has 6 heteroatoms. The number of nitro benzene ring substituents is 1.